The summed E-state index contributed by atoms with van der Waals surface area (Å²) in [6.07, 6.45) is 3.07. The van der Waals surface area contributed by atoms with Crippen LogP contribution in [0.1, 0.15) is 62.4 Å². The van der Waals surface area contributed by atoms with Crippen molar-refractivity contribution < 1.29 is 28.8 Å². The van der Waals surface area contributed by atoms with Crippen LogP contribution in [-0.4, -0.2) is 29.9 Å². The zero-order valence-corrected chi connectivity index (χ0v) is 18.3. The Kier molecular flexibility index (Phi) is 5.36. The molecule has 1 aromatic rings. The lowest BCUT2D eigenvalue weighted by atomic mass is 9.58. The van der Waals surface area contributed by atoms with Gasteiger partial charge in [0, 0.05) is 23.8 Å². The molecular weight excluding hydrogens is 400 g/mol. The van der Waals surface area contributed by atoms with Gasteiger partial charge in [-0.25, -0.2) is 15.6 Å². The van der Waals surface area contributed by atoms with E-state index in [1.807, 2.05) is 19.1 Å². The van der Waals surface area contributed by atoms with Crippen molar-refractivity contribution >= 4 is 5.91 Å². The molecule has 1 amide bonds. The molecule has 4 aliphatic heterocycles. The van der Waals surface area contributed by atoms with E-state index in [0.29, 0.717) is 24.0 Å². The lowest BCUT2D eigenvalue weighted by molar-refractivity contribution is -0.577. The number of carbonyl (C=O) groups is 1. The van der Waals surface area contributed by atoms with E-state index in [0.717, 1.165) is 31.2 Å². The van der Waals surface area contributed by atoms with Crippen LogP contribution in [0, 0.1) is 23.7 Å². The van der Waals surface area contributed by atoms with Crippen molar-refractivity contribution in [3.05, 3.63) is 35.4 Å². The number of amides is 1. The Bertz CT molecular complexity index is 834. The fraction of sp³-hybridized carbons (Fsp3) is 0.696. The third kappa shape index (κ3) is 3.41. The van der Waals surface area contributed by atoms with Gasteiger partial charge in [-0.1, -0.05) is 26.0 Å². The van der Waals surface area contributed by atoms with Crippen LogP contribution < -0.4 is 11.3 Å². The average Bonchev–Trinajstić information content (AvgIpc) is 3.01. The van der Waals surface area contributed by atoms with E-state index in [2.05, 4.69) is 19.3 Å². The number of ether oxygens (including phenoxy) is 3. The second kappa shape index (κ2) is 7.79. The number of hydrogen-bond donors (Lipinski definition) is 2. The highest BCUT2D eigenvalue weighted by Gasteiger charge is 2.69. The van der Waals surface area contributed by atoms with Crippen LogP contribution in [0.25, 0.3) is 0 Å². The quantitative estimate of drug-likeness (QED) is 0.326. The first kappa shape index (κ1) is 21.3. The van der Waals surface area contributed by atoms with Crippen molar-refractivity contribution in [1.82, 2.24) is 5.43 Å². The van der Waals surface area contributed by atoms with Gasteiger partial charge in [0.2, 0.25) is 5.79 Å². The van der Waals surface area contributed by atoms with E-state index in [1.165, 1.54) is 0 Å². The van der Waals surface area contributed by atoms with E-state index in [9.17, 15) is 4.79 Å². The summed E-state index contributed by atoms with van der Waals surface area (Å²) in [6.45, 7) is 6.77. The molecule has 1 aliphatic carbocycles. The van der Waals surface area contributed by atoms with Gasteiger partial charge in [0.1, 0.15) is 0 Å². The van der Waals surface area contributed by atoms with E-state index in [4.69, 9.17) is 29.8 Å². The molecule has 1 aromatic carbocycles. The van der Waals surface area contributed by atoms with Crippen LogP contribution in [0.3, 0.4) is 0 Å². The van der Waals surface area contributed by atoms with Crippen molar-refractivity contribution in [3.63, 3.8) is 0 Å². The highest BCUT2D eigenvalue weighted by atomic mass is 17.3. The number of nitrogens with two attached hydrogens (primary N) is 1. The average molecular weight is 433 g/mol. The first-order valence-electron chi connectivity index (χ1n) is 11.3. The maximum Gasteiger partial charge on any atom is 0.265 e. The van der Waals surface area contributed by atoms with Crippen LogP contribution in [0.2, 0.25) is 0 Å². The number of carbonyl (C=O) groups excluding carboxylic acids is 1. The van der Waals surface area contributed by atoms with Crippen molar-refractivity contribution in [2.24, 2.45) is 29.5 Å². The molecular formula is C23H32N2O6. The van der Waals surface area contributed by atoms with E-state index in [1.54, 1.807) is 12.1 Å². The standard InChI is InChI=1S/C23H32N2O6/c1-13-4-9-18-14(2)20(27-12-15-5-7-16(8-6-15)19(26)25-24)28-21-23(18)17(13)10-11-22(3,29-21)30-31-23/h5-8,13-14,17-18,20-21H,4,9-12,24H2,1-3H3,(H,25,26)/t13-,14-,17?,18?,20?,21?,22+,23-/m1/s1. The summed E-state index contributed by atoms with van der Waals surface area (Å²) in [5, 5.41) is 0. The molecule has 4 heterocycles. The first-order chi connectivity index (χ1) is 14.9. The molecule has 5 fully saturated rings. The van der Waals surface area contributed by atoms with Gasteiger partial charge < -0.3 is 14.2 Å². The molecule has 8 nitrogen and oxygen atoms in total. The summed E-state index contributed by atoms with van der Waals surface area (Å²) in [4.78, 5) is 23.6. The van der Waals surface area contributed by atoms with E-state index >= 15 is 0 Å². The van der Waals surface area contributed by atoms with Crippen LogP contribution in [0.4, 0.5) is 0 Å². The summed E-state index contributed by atoms with van der Waals surface area (Å²) in [7, 11) is 0. The fourth-order valence-corrected chi connectivity index (χ4v) is 6.08. The van der Waals surface area contributed by atoms with Crippen LogP contribution in [0.5, 0.6) is 0 Å². The van der Waals surface area contributed by atoms with Crippen molar-refractivity contribution in [2.75, 3.05) is 0 Å². The molecule has 31 heavy (non-hydrogen) atoms. The van der Waals surface area contributed by atoms with E-state index in [-0.39, 0.29) is 17.7 Å². The number of nitrogen functional groups attached to an aromatic ring is 1. The van der Waals surface area contributed by atoms with Crippen molar-refractivity contribution in [3.8, 4) is 0 Å². The van der Waals surface area contributed by atoms with Crippen LogP contribution in [0.15, 0.2) is 24.3 Å². The lowest BCUT2D eigenvalue weighted by Gasteiger charge is -2.60. The highest BCUT2D eigenvalue weighted by Crippen LogP contribution is 2.60. The Labute approximate surface area is 182 Å². The minimum atomic E-state index is -0.790. The second-order valence-corrected chi connectivity index (χ2v) is 9.76. The SMILES string of the molecule is C[C@H]1C(OCc2ccc(C(=O)NN)cc2)OC2O[C@]3(C)CCC4[C@H](C)CCC1[C@@]24OO3. The zero-order chi connectivity index (χ0) is 21.8. The number of fused-ring (bicyclic) bond motifs is 2. The third-order valence-electron chi connectivity index (χ3n) is 7.86. The number of hydrogen-bond acceptors (Lipinski definition) is 7. The molecule has 0 radical (unpaired) electrons. The largest absolute Gasteiger partial charge is 0.348 e. The number of hydrazine groups is 1. The molecule has 4 unspecified atom stereocenters. The molecule has 8 heteroatoms. The number of rotatable bonds is 4. The molecule has 1 saturated carbocycles. The Balaban J connectivity index is 1.34. The molecule has 3 N–H and O–H groups in total. The van der Waals surface area contributed by atoms with Gasteiger partial charge in [-0.3, -0.25) is 10.2 Å². The minimum Gasteiger partial charge on any atom is -0.348 e. The third-order valence-corrected chi connectivity index (χ3v) is 7.86. The molecule has 0 aromatic heterocycles. The maximum absolute atomic E-state index is 11.6. The van der Waals surface area contributed by atoms with Gasteiger partial charge in [-0.05, 0) is 55.7 Å². The molecule has 6 rings (SSSR count). The molecule has 1 spiro atoms. The van der Waals surface area contributed by atoms with E-state index < -0.39 is 24.0 Å². The zero-order valence-electron chi connectivity index (χ0n) is 18.3. The minimum absolute atomic E-state index is 0.128. The summed E-state index contributed by atoms with van der Waals surface area (Å²) in [5.74, 6) is 5.31. The van der Waals surface area contributed by atoms with Crippen molar-refractivity contribution in [1.29, 1.82) is 0 Å². The normalized spacial score (nSPS) is 43.7. The number of nitrogens with one attached hydrogen (secondary N) is 1. The van der Waals surface area contributed by atoms with Crippen LogP contribution >= 0.6 is 0 Å². The van der Waals surface area contributed by atoms with Gasteiger partial charge >= 0.3 is 0 Å². The summed E-state index contributed by atoms with van der Waals surface area (Å²) in [5.41, 5.74) is 3.01. The van der Waals surface area contributed by atoms with Crippen molar-refractivity contribution in [2.45, 2.75) is 77.0 Å². The fourth-order valence-electron chi connectivity index (χ4n) is 6.08. The molecule has 170 valence electrons. The van der Waals surface area contributed by atoms with Gasteiger partial charge in [-0.2, -0.15) is 0 Å². The lowest BCUT2D eigenvalue weighted by Crippen LogP contribution is -2.70. The van der Waals surface area contributed by atoms with Gasteiger partial charge in [-0.15, -0.1) is 0 Å². The summed E-state index contributed by atoms with van der Waals surface area (Å²) >= 11 is 0. The summed E-state index contributed by atoms with van der Waals surface area (Å²) in [6, 6.07) is 7.18. The Hall–Kier alpha value is -1.55. The molecule has 8 atom stereocenters. The highest BCUT2D eigenvalue weighted by molar-refractivity contribution is 5.93. The monoisotopic (exact) mass is 432 g/mol. The Morgan fingerprint density at radius 3 is 2.68 bits per heavy atom. The van der Waals surface area contributed by atoms with Crippen LogP contribution in [-0.2, 0) is 30.6 Å². The predicted octanol–water partition coefficient (Wildman–Crippen LogP) is 3.01. The number of benzene rings is 1. The predicted molar refractivity (Wildman–Crippen MR) is 110 cm³/mol. The molecule has 4 saturated heterocycles. The van der Waals surface area contributed by atoms with Gasteiger partial charge in [0.15, 0.2) is 18.2 Å². The Morgan fingerprint density at radius 1 is 1.16 bits per heavy atom. The Morgan fingerprint density at radius 2 is 1.94 bits per heavy atom. The molecule has 2 bridgehead atoms. The molecule has 5 aliphatic rings. The smallest absolute Gasteiger partial charge is 0.265 e. The first-order valence-corrected chi connectivity index (χ1v) is 11.3. The van der Waals surface area contributed by atoms with Gasteiger partial charge in [0.05, 0.1) is 6.61 Å². The summed E-state index contributed by atoms with van der Waals surface area (Å²) < 4.78 is 19.0. The maximum atomic E-state index is 11.6. The van der Waals surface area contributed by atoms with Gasteiger partial charge in [0.25, 0.3) is 5.91 Å². The topological polar surface area (TPSA) is 101 Å². The second-order valence-electron chi connectivity index (χ2n) is 9.76.